The molecule has 0 unspecified atom stereocenters. The third-order valence-corrected chi connectivity index (χ3v) is 7.42. The lowest BCUT2D eigenvalue weighted by Crippen LogP contribution is -2.20. The molecule has 0 saturated carbocycles. The summed E-state index contributed by atoms with van der Waals surface area (Å²) >= 11 is 3.57. The Kier molecular flexibility index (Phi) is 7.93. The predicted molar refractivity (Wildman–Crippen MR) is 167 cm³/mol. The van der Waals surface area contributed by atoms with Gasteiger partial charge < -0.3 is 18.6 Å². The Morgan fingerprint density at radius 1 is 0.953 bits per heavy atom. The lowest BCUT2D eigenvalue weighted by molar-refractivity contribution is 0.265. The van der Waals surface area contributed by atoms with Crippen LogP contribution in [0.1, 0.15) is 18.1 Å². The van der Waals surface area contributed by atoms with Gasteiger partial charge in [-0.3, -0.25) is 4.79 Å². The Bertz CT molecular complexity index is 2050. The van der Waals surface area contributed by atoms with Crippen molar-refractivity contribution in [3.8, 4) is 28.8 Å². The molecule has 0 aliphatic carbocycles. The molecule has 0 aliphatic rings. The summed E-state index contributed by atoms with van der Waals surface area (Å²) in [5.41, 5.74) is 1.76. The van der Waals surface area contributed by atoms with Crippen molar-refractivity contribution in [3.63, 3.8) is 0 Å². The maximum atomic E-state index is 14.1. The summed E-state index contributed by atoms with van der Waals surface area (Å²) in [5, 5.41) is 5.71. The third-order valence-electron chi connectivity index (χ3n) is 6.73. The van der Waals surface area contributed by atoms with Crippen molar-refractivity contribution in [1.82, 2.24) is 9.66 Å². The summed E-state index contributed by atoms with van der Waals surface area (Å²) in [7, 11) is 1.58. The number of benzene rings is 4. The van der Waals surface area contributed by atoms with Crippen LogP contribution in [0.25, 0.3) is 33.5 Å². The molecule has 0 bridgehead atoms. The Hall–Kier alpha value is -4.96. The molecule has 216 valence electrons. The van der Waals surface area contributed by atoms with E-state index in [0.29, 0.717) is 61.7 Å². The molecule has 0 fully saturated rings. The Morgan fingerprint density at radius 2 is 1.74 bits per heavy atom. The van der Waals surface area contributed by atoms with Gasteiger partial charge in [-0.15, -0.1) is 0 Å². The van der Waals surface area contributed by atoms with E-state index >= 15 is 0 Å². The highest BCUT2D eigenvalue weighted by Crippen LogP contribution is 2.35. The first kappa shape index (κ1) is 28.2. The highest BCUT2D eigenvalue weighted by atomic mass is 79.9. The second-order valence-electron chi connectivity index (χ2n) is 9.43. The summed E-state index contributed by atoms with van der Waals surface area (Å²) in [6.07, 6.45) is 1.53. The standard InChI is InChI=1S/C33H25BrFN3O5/c1-3-41-29-15-21(24(34)17-30(29)42-19-20-9-4-6-11-25(20)35)18-36-38-32(37-26-12-7-5-10-22(26)33(38)39)31-16-23-27(40-2)13-8-14-28(23)43-31/h4-18H,3,19H2,1-2H3. The normalized spacial score (nSPS) is 11.4. The first-order valence-electron chi connectivity index (χ1n) is 13.4. The summed E-state index contributed by atoms with van der Waals surface area (Å²) in [5.74, 6) is 1.73. The number of para-hydroxylation sites is 1. The number of fused-ring (bicyclic) bond motifs is 2. The van der Waals surface area contributed by atoms with Crippen LogP contribution in [0.2, 0.25) is 0 Å². The SMILES string of the molecule is CCOc1cc(C=Nn2c(-c3cc4c(OC)cccc4o3)nc3ccccc3c2=O)c(Br)cc1OCc1ccccc1F. The van der Waals surface area contributed by atoms with Gasteiger partial charge in [0.2, 0.25) is 5.82 Å². The molecular weight excluding hydrogens is 617 g/mol. The zero-order valence-electron chi connectivity index (χ0n) is 23.2. The van der Waals surface area contributed by atoms with Crippen molar-refractivity contribution in [1.29, 1.82) is 0 Å². The van der Waals surface area contributed by atoms with Crippen LogP contribution in [0.5, 0.6) is 17.2 Å². The van der Waals surface area contributed by atoms with Gasteiger partial charge in [0.25, 0.3) is 5.56 Å². The molecule has 0 radical (unpaired) electrons. The van der Waals surface area contributed by atoms with Gasteiger partial charge in [-0.25, -0.2) is 9.37 Å². The number of methoxy groups -OCH3 is 1. The van der Waals surface area contributed by atoms with E-state index in [1.165, 1.54) is 17.0 Å². The first-order valence-corrected chi connectivity index (χ1v) is 14.2. The minimum Gasteiger partial charge on any atom is -0.496 e. The highest BCUT2D eigenvalue weighted by Gasteiger charge is 2.18. The lowest BCUT2D eigenvalue weighted by Gasteiger charge is -2.14. The van der Waals surface area contributed by atoms with Gasteiger partial charge in [-0.05, 0) is 71.4 Å². The number of hydrogen-bond acceptors (Lipinski definition) is 7. The fourth-order valence-electron chi connectivity index (χ4n) is 4.63. The molecular formula is C33H25BrFN3O5. The maximum absolute atomic E-state index is 14.1. The van der Waals surface area contributed by atoms with E-state index in [9.17, 15) is 9.18 Å². The molecule has 0 N–H and O–H groups in total. The van der Waals surface area contributed by atoms with Crippen molar-refractivity contribution in [2.75, 3.05) is 13.7 Å². The second kappa shape index (κ2) is 12.1. The molecule has 0 amide bonds. The molecule has 6 aromatic rings. The number of nitrogens with zero attached hydrogens (tertiary/aromatic N) is 3. The van der Waals surface area contributed by atoms with Gasteiger partial charge in [-0.2, -0.15) is 9.78 Å². The summed E-state index contributed by atoms with van der Waals surface area (Å²) in [6.45, 7) is 2.25. The smallest absolute Gasteiger partial charge is 0.282 e. The molecule has 0 aliphatic heterocycles. The van der Waals surface area contributed by atoms with E-state index in [4.69, 9.17) is 23.6 Å². The number of furan rings is 1. The van der Waals surface area contributed by atoms with Crippen molar-refractivity contribution in [2.24, 2.45) is 5.10 Å². The van der Waals surface area contributed by atoms with Crippen LogP contribution in [0, 0.1) is 5.82 Å². The number of halogens is 2. The number of ether oxygens (including phenoxy) is 3. The van der Waals surface area contributed by atoms with Crippen molar-refractivity contribution in [2.45, 2.75) is 13.5 Å². The predicted octanol–water partition coefficient (Wildman–Crippen LogP) is 7.58. The molecule has 4 aromatic carbocycles. The fourth-order valence-corrected chi connectivity index (χ4v) is 5.06. The Morgan fingerprint density at radius 3 is 2.56 bits per heavy atom. The fraction of sp³-hybridized carbons (Fsp3) is 0.121. The van der Waals surface area contributed by atoms with E-state index in [0.717, 1.165) is 5.39 Å². The highest BCUT2D eigenvalue weighted by molar-refractivity contribution is 9.10. The van der Waals surface area contributed by atoms with Crippen LogP contribution >= 0.6 is 15.9 Å². The second-order valence-corrected chi connectivity index (χ2v) is 10.3. The van der Waals surface area contributed by atoms with Gasteiger partial charge in [0, 0.05) is 15.6 Å². The Balaban J connectivity index is 1.42. The Labute approximate surface area is 254 Å². The lowest BCUT2D eigenvalue weighted by atomic mass is 10.2. The maximum Gasteiger partial charge on any atom is 0.282 e. The molecule has 2 heterocycles. The minimum absolute atomic E-state index is 0.0242. The summed E-state index contributed by atoms with van der Waals surface area (Å²) in [4.78, 5) is 18.4. The average molecular weight is 642 g/mol. The summed E-state index contributed by atoms with van der Waals surface area (Å²) in [6, 6.07) is 24.2. The van der Waals surface area contributed by atoms with Crippen molar-refractivity contribution in [3.05, 3.63) is 117 Å². The molecule has 0 atom stereocenters. The number of rotatable bonds is 9. The van der Waals surface area contributed by atoms with Crippen molar-refractivity contribution >= 4 is 44.0 Å². The minimum atomic E-state index is -0.365. The molecule has 0 saturated heterocycles. The van der Waals surface area contributed by atoms with Crippen LogP contribution < -0.4 is 19.8 Å². The van der Waals surface area contributed by atoms with Gasteiger partial charge >= 0.3 is 0 Å². The van der Waals surface area contributed by atoms with E-state index in [-0.39, 0.29) is 23.8 Å². The summed E-state index contributed by atoms with van der Waals surface area (Å²) < 4.78 is 39.3. The van der Waals surface area contributed by atoms with E-state index < -0.39 is 0 Å². The average Bonchev–Trinajstić information content (AvgIpc) is 3.46. The molecule has 8 nitrogen and oxygen atoms in total. The van der Waals surface area contributed by atoms with E-state index in [1.807, 2.05) is 31.2 Å². The van der Waals surface area contributed by atoms with E-state index in [1.54, 1.807) is 61.7 Å². The monoisotopic (exact) mass is 641 g/mol. The van der Waals surface area contributed by atoms with Crippen LogP contribution in [-0.2, 0) is 6.61 Å². The molecule has 10 heteroatoms. The zero-order valence-corrected chi connectivity index (χ0v) is 24.8. The first-order chi connectivity index (χ1) is 21.0. The van der Waals surface area contributed by atoms with Crippen molar-refractivity contribution < 1.29 is 23.0 Å². The molecule has 0 spiro atoms. The molecule has 43 heavy (non-hydrogen) atoms. The quantitative estimate of drug-likeness (QED) is 0.151. The molecule has 6 rings (SSSR count). The van der Waals surface area contributed by atoms with Crippen LogP contribution in [0.4, 0.5) is 4.39 Å². The third kappa shape index (κ3) is 5.61. The largest absolute Gasteiger partial charge is 0.496 e. The van der Waals surface area contributed by atoms with Gasteiger partial charge in [0.1, 0.15) is 23.8 Å². The van der Waals surface area contributed by atoms with Crippen LogP contribution in [0.3, 0.4) is 0 Å². The number of aromatic nitrogens is 2. The zero-order chi connectivity index (χ0) is 29.9. The van der Waals surface area contributed by atoms with Crippen LogP contribution in [0.15, 0.2) is 104 Å². The number of hydrogen-bond donors (Lipinski definition) is 0. The van der Waals surface area contributed by atoms with Gasteiger partial charge in [-0.1, -0.05) is 36.4 Å². The van der Waals surface area contributed by atoms with Gasteiger partial charge in [0.05, 0.1) is 36.2 Å². The van der Waals surface area contributed by atoms with Gasteiger partial charge in [0.15, 0.2) is 17.3 Å². The topological polar surface area (TPSA) is 88.1 Å². The van der Waals surface area contributed by atoms with Crippen LogP contribution in [-0.4, -0.2) is 29.6 Å². The van der Waals surface area contributed by atoms with E-state index in [2.05, 4.69) is 21.0 Å². The molecule has 2 aromatic heterocycles.